The predicted molar refractivity (Wildman–Crippen MR) is 54.7 cm³/mol. The highest BCUT2D eigenvalue weighted by Crippen LogP contribution is 2.17. The van der Waals surface area contributed by atoms with Gasteiger partial charge in [-0.25, -0.2) is 0 Å². The quantitative estimate of drug-likeness (QED) is 0.797. The molecule has 0 amide bonds. The molecule has 1 rings (SSSR count). The zero-order valence-corrected chi connectivity index (χ0v) is 8.69. The summed E-state index contributed by atoms with van der Waals surface area (Å²) in [5.41, 5.74) is 0. The average Bonchev–Trinajstić information content (AvgIpc) is 2.32. The van der Waals surface area contributed by atoms with Crippen molar-refractivity contribution in [3.8, 4) is 0 Å². The van der Waals surface area contributed by atoms with E-state index in [0.29, 0.717) is 5.75 Å². The maximum absolute atomic E-state index is 9.05. The van der Waals surface area contributed by atoms with Crippen molar-refractivity contribution in [2.45, 2.75) is 5.75 Å². The van der Waals surface area contributed by atoms with Gasteiger partial charge in [-0.15, -0.1) is 0 Å². The number of hydrogen-bond donors (Lipinski definition) is 1. The highest BCUT2D eigenvalue weighted by molar-refractivity contribution is 8.95. The second kappa shape index (κ2) is 3.86. The van der Waals surface area contributed by atoms with Gasteiger partial charge in [0.15, 0.2) is 0 Å². The van der Waals surface area contributed by atoms with Crippen molar-refractivity contribution in [1.82, 2.24) is 0 Å². The first-order valence-electron chi connectivity index (χ1n) is 2.72. The third-order valence-electron chi connectivity index (χ3n) is 0.930. The molecule has 0 radical (unpaired) electrons. The lowest BCUT2D eigenvalue weighted by molar-refractivity contribution is 0.530. The Labute approximate surface area is 78.4 Å². The molecular formula is C5H6O2S4. The fourth-order valence-electron chi connectivity index (χ4n) is 0.527. The van der Waals surface area contributed by atoms with Crippen LogP contribution in [0, 0.1) is 0 Å². The Morgan fingerprint density at radius 2 is 2.36 bits per heavy atom. The van der Waals surface area contributed by atoms with Crippen molar-refractivity contribution in [3.63, 3.8) is 0 Å². The molecule has 0 fully saturated rings. The number of hydrogen-bond acceptors (Lipinski definition) is 4. The van der Waals surface area contributed by atoms with E-state index >= 15 is 0 Å². The van der Waals surface area contributed by atoms with E-state index in [1.807, 2.05) is 6.07 Å². The molecule has 11 heavy (non-hydrogen) atoms. The van der Waals surface area contributed by atoms with Crippen LogP contribution in [0.4, 0.5) is 0 Å². The Morgan fingerprint density at radius 1 is 1.64 bits per heavy atom. The van der Waals surface area contributed by atoms with Crippen LogP contribution in [0.3, 0.4) is 0 Å². The van der Waals surface area contributed by atoms with Gasteiger partial charge in [-0.1, -0.05) is 10.8 Å². The highest BCUT2D eigenvalue weighted by Gasteiger charge is 1.99. The third kappa shape index (κ3) is 4.07. The summed E-state index contributed by atoms with van der Waals surface area (Å²) in [6, 6.07) is 3.61. The monoisotopic (exact) mass is 226 g/mol. The SMILES string of the molecule is OS(=S)(=S)SCc1ccco1. The molecule has 0 saturated heterocycles. The number of furan rings is 1. The van der Waals surface area contributed by atoms with Crippen LogP contribution >= 0.6 is 10.8 Å². The van der Waals surface area contributed by atoms with Crippen molar-refractivity contribution >= 4 is 39.6 Å². The van der Waals surface area contributed by atoms with E-state index in [2.05, 4.69) is 22.4 Å². The van der Waals surface area contributed by atoms with Crippen molar-refractivity contribution < 1.29 is 8.97 Å². The standard InChI is InChI=1S/C5H6O2S4/c6-11(8,9)10-4-5-2-1-3-7-5/h1-3H,4H2,(H,6,8,9). The largest absolute Gasteiger partial charge is 0.468 e. The van der Waals surface area contributed by atoms with Gasteiger partial charge in [0, 0.05) is 0 Å². The van der Waals surface area contributed by atoms with Gasteiger partial charge in [0.05, 0.1) is 18.5 Å². The molecule has 0 bridgehead atoms. The third-order valence-corrected chi connectivity index (χ3v) is 4.61. The summed E-state index contributed by atoms with van der Waals surface area (Å²) in [5.74, 6) is 1.34. The summed E-state index contributed by atoms with van der Waals surface area (Å²) in [7, 11) is 1.17. The Kier molecular flexibility index (Phi) is 3.32. The molecule has 0 spiro atoms. The lowest BCUT2D eigenvalue weighted by atomic mass is 10.5. The van der Waals surface area contributed by atoms with Crippen molar-refractivity contribution in [1.29, 1.82) is 0 Å². The maximum Gasteiger partial charge on any atom is 0.114 e. The van der Waals surface area contributed by atoms with Gasteiger partial charge in [0.2, 0.25) is 0 Å². The number of rotatable bonds is 3. The average molecular weight is 226 g/mol. The van der Waals surface area contributed by atoms with Crippen molar-refractivity contribution in [2.75, 3.05) is 0 Å². The van der Waals surface area contributed by atoms with Crippen molar-refractivity contribution in [3.05, 3.63) is 24.2 Å². The first kappa shape index (κ1) is 9.47. The predicted octanol–water partition coefficient (Wildman–Crippen LogP) is 1.98. The topological polar surface area (TPSA) is 33.4 Å². The summed E-state index contributed by atoms with van der Waals surface area (Å²) in [6.45, 7) is -2.28. The molecular weight excluding hydrogens is 220 g/mol. The van der Waals surface area contributed by atoms with Gasteiger partial charge >= 0.3 is 0 Å². The smallest absolute Gasteiger partial charge is 0.114 e. The lowest BCUT2D eigenvalue weighted by Gasteiger charge is -1.97. The Morgan fingerprint density at radius 3 is 2.82 bits per heavy atom. The summed E-state index contributed by atoms with van der Waals surface area (Å²) in [4.78, 5) is 0. The van der Waals surface area contributed by atoms with E-state index in [-0.39, 0.29) is 0 Å². The van der Waals surface area contributed by atoms with Crippen LogP contribution in [0.2, 0.25) is 0 Å². The summed E-state index contributed by atoms with van der Waals surface area (Å²) in [5, 5.41) is 0. The van der Waals surface area contributed by atoms with Crippen LogP contribution in [0.1, 0.15) is 5.76 Å². The Hall–Kier alpha value is 0.380. The van der Waals surface area contributed by atoms with Gasteiger partial charge < -0.3 is 8.97 Å². The zero-order chi connectivity index (χ0) is 8.32. The molecule has 1 heterocycles. The van der Waals surface area contributed by atoms with Gasteiger partial charge in [-0.2, -0.15) is 0 Å². The summed E-state index contributed by atoms with van der Waals surface area (Å²) < 4.78 is 14.1. The maximum atomic E-state index is 9.05. The molecule has 1 aromatic heterocycles. The molecule has 0 aromatic carbocycles. The zero-order valence-electron chi connectivity index (χ0n) is 5.43. The summed E-state index contributed by atoms with van der Waals surface area (Å²) >= 11 is 9.27. The Bertz CT molecular complexity index is 299. The molecule has 6 heteroatoms. The van der Waals surface area contributed by atoms with Gasteiger partial charge in [0.1, 0.15) is 5.76 Å². The van der Waals surface area contributed by atoms with E-state index < -0.39 is 6.46 Å². The van der Waals surface area contributed by atoms with E-state index in [4.69, 9.17) is 8.97 Å². The first-order chi connectivity index (χ1) is 5.08. The fourth-order valence-corrected chi connectivity index (χ4v) is 2.62. The van der Waals surface area contributed by atoms with Crippen LogP contribution in [-0.4, -0.2) is 4.55 Å². The van der Waals surface area contributed by atoms with E-state index in [1.165, 1.54) is 10.8 Å². The minimum atomic E-state index is -2.28. The van der Waals surface area contributed by atoms with Crippen LogP contribution in [0.15, 0.2) is 22.8 Å². The molecule has 1 aromatic rings. The van der Waals surface area contributed by atoms with E-state index in [0.717, 1.165) is 5.76 Å². The molecule has 62 valence electrons. The van der Waals surface area contributed by atoms with Crippen LogP contribution in [0.5, 0.6) is 0 Å². The van der Waals surface area contributed by atoms with Gasteiger partial charge in [-0.05, 0) is 34.5 Å². The fraction of sp³-hybridized carbons (Fsp3) is 0.200. The molecule has 0 unspecified atom stereocenters. The van der Waals surface area contributed by atoms with Gasteiger partial charge in [0.25, 0.3) is 0 Å². The van der Waals surface area contributed by atoms with E-state index in [9.17, 15) is 0 Å². The lowest BCUT2D eigenvalue weighted by Crippen LogP contribution is -1.85. The molecule has 0 saturated carbocycles. The Balaban J connectivity index is 2.48. The van der Waals surface area contributed by atoms with Gasteiger partial charge in [-0.3, -0.25) is 0 Å². The minimum absolute atomic E-state index is 0.547. The minimum Gasteiger partial charge on any atom is -0.468 e. The highest BCUT2D eigenvalue weighted by atomic mass is 33.5. The molecule has 1 N–H and O–H groups in total. The molecule has 0 aliphatic heterocycles. The van der Waals surface area contributed by atoms with Crippen molar-refractivity contribution in [2.24, 2.45) is 0 Å². The van der Waals surface area contributed by atoms with Crippen LogP contribution < -0.4 is 0 Å². The van der Waals surface area contributed by atoms with Crippen LogP contribution in [0.25, 0.3) is 0 Å². The molecule has 0 aliphatic carbocycles. The molecule has 0 atom stereocenters. The first-order valence-corrected chi connectivity index (χ1v) is 7.66. The van der Waals surface area contributed by atoms with E-state index in [1.54, 1.807) is 12.3 Å². The molecule has 2 nitrogen and oxygen atoms in total. The molecule has 0 aliphatic rings. The normalized spacial score (nSPS) is 11.7. The second-order valence-corrected chi connectivity index (χ2v) is 10.1. The van der Waals surface area contributed by atoms with Crippen LogP contribution in [-0.2, 0) is 34.6 Å². The summed E-state index contributed by atoms with van der Waals surface area (Å²) in [6.07, 6.45) is 1.58. The second-order valence-electron chi connectivity index (χ2n) is 1.77.